The lowest BCUT2D eigenvalue weighted by molar-refractivity contribution is 0.321. The fourth-order valence-electron chi connectivity index (χ4n) is 2.43. The monoisotopic (exact) mass is 273 g/mol. The lowest BCUT2D eigenvalue weighted by atomic mass is 9.99. The zero-order valence-electron chi connectivity index (χ0n) is 12.7. The molecule has 0 fully saturated rings. The molecule has 2 aromatic rings. The Morgan fingerprint density at radius 3 is 2.75 bits per heavy atom. The SMILES string of the molecule is CCNC(CC)C(C)c1nc(-c2cccc(C)c2)no1. The fraction of sp³-hybridized carbons (Fsp3) is 0.500. The summed E-state index contributed by atoms with van der Waals surface area (Å²) in [5, 5.41) is 7.57. The van der Waals surface area contributed by atoms with Crippen molar-refractivity contribution in [2.75, 3.05) is 6.54 Å². The average molecular weight is 273 g/mol. The van der Waals surface area contributed by atoms with Crippen LogP contribution in [0.4, 0.5) is 0 Å². The topological polar surface area (TPSA) is 51.0 Å². The second kappa shape index (κ2) is 6.66. The molecular weight excluding hydrogens is 250 g/mol. The molecule has 0 bridgehead atoms. The molecule has 2 rings (SSSR count). The van der Waals surface area contributed by atoms with Crippen LogP contribution in [0.2, 0.25) is 0 Å². The zero-order valence-corrected chi connectivity index (χ0v) is 12.7. The van der Waals surface area contributed by atoms with Crippen LogP contribution in [0.5, 0.6) is 0 Å². The number of hydrogen-bond acceptors (Lipinski definition) is 4. The van der Waals surface area contributed by atoms with E-state index < -0.39 is 0 Å². The Hall–Kier alpha value is -1.68. The normalized spacial score (nSPS) is 14.2. The summed E-state index contributed by atoms with van der Waals surface area (Å²) < 4.78 is 5.45. The summed E-state index contributed by atoms with van der Waals surface area (Å²) in [7, 11) is 0. The highest BCUT2D eigenvalue weighted by molar-refractivity contribution is 5.55. The molecule has 1 aromatic carbocycles. The molecular formula is C16H23N3O. The van der Waals surface area contributed by atoms with Gasteiger partial charge in [-0.3, -0.25) is 0 Å². The van der Waals surface area contributed by atoms with Crippen LogP contribution in [0.3, 0.4) is 0 Å². The van der Waals surface area contributed by atoms with E-state index in [1.807, 2.05) is 12.1 Å². The minimum absolute atomic E-state index is 0.214. The second-order valence-corrected chi connectivity index (χ2v) is 5.19. The molecule has 0 aliphatic carbocycles. The van der Waals surface area contributed by atoms with E-state index in [1.165, 1.54) is 5.56 Å². The van der Waals surface area contributed by atoms with Crippen molar-refractivity contribution in [1.82, 2.24) is 15.5 Å². The van der Waals surface area contributed by atoms with E-state index in [2.05, 4.69) is 55.3 Å². The average Bonchev–Trinajstić information content (AvgIpc) is 2.94. The Morgan fingerprint density at radius 1 is 1.30 bits per heavy atom. The van der Waals surface area contributed by atoms with Crippen LogP contribution in [-0.2, 0) is 0 Å². The first-order valence-corrected chi connectivity index (χ1v) is 7.29. The molecule has 0 saturated heterocycles. The number of nitrogens with one attached hydrogen (secondary N) is 1. The third-order valence-corrected chi connectivity index (χ3v) is 3.62. The number of aryl methyl sites for hydroxylation is 1. The maximum absolute atomic E-state index is 5.45. The molecule has 1 N–H and O–H groups in total. The first-order chi connectivity index (χ1) is 9.65. The summed E-state index contributed by atoms with van der Waals surface area (Å²) in [5.41, 5.74) is 2.20. The number of likely N-dealkylation sites (N-methyl/N-ethyl adjacent to an activating group) is 1. The van der Waals surface area contributed by atoms with E-state index in [-0.39, 0.29) is 5.92 Å². The van der Waals surface area contributed by atoms with Crippen LogP contribution < -0.4 is 5.32 Å². The van der Waals surface area contributed by atoms with Crippen LogP contribution in [0, 0.1) is 6.92 Å². The molecule has 2 unspecified atom stereocenters. The lowest BCUT2D eigenvalue weighted by Gasteiger charge is -2.20. The van der Waals surface area contributed by atoms with Crippen molar-refractivity contribution < 1.29 is 4.52 Å². The number of benzene rings is 1. The van der Waals surface area contributed by atoms with Crippen LogP contribution >= 0.6 is 0 Å². The first kappa shape index (κ1) is 14.7. The quantitative estimate of drug-likeness (QED) is 0.874. The maximum atomic E-state index is 5.45. The molecule has 0 aliphatic rings. The van der Waals surface area contributed by atoms with Crippen LogP contribution in [0.15, 0.2) is 28.8 Å². The van der Waals surface area contributed by atoms with E-state index in [0.29, 0.717) is 17.8 Å². The lowest BCUT2D eigenvalue weighted by Crippen LogP contribution is -2.33. The molecule has 2 atom stereocenters. The summed E-state index contributed by atoms with van der Waals surface area (Å²) >= 11 is 0. The third kappa shape index (κ3) is 3.25. The summed E-state index contributed by atoms with van der Waals surface area (Å²) in [5.74, 6) is 1.59. The highest BCUT2D eigenvalue weighted by Gasteiger charge is 2.22. The van der Waals surface area contributed by atoms with Gasteiger partial charge in [-0.2, -0.15) is 4.98 Å². The van der Waals surface area contributed by atoms with E-state index in [0.717, 1.165) is 18.5 Å². The van der Waals surface area contributed by atoms with Crippen molar-refractivity contribution >= 4 is 0 Å². The van der Waals surface area contributed by atoms with Crippen molar-refractivity contribution in [3.05, 3.63) is 35.7 Å². The van der Waals surface area contributed by atoms with Crippen molar-refractivity contribution in [3.8, 4) is 11.4 Å². The Bertz CT molecular complexity index is 550. The van der Waals surface area contributed by atoms with Gasteiger partial charge in [0.15, 0.2) is 0 Å². The Balaban J connectivity index is 2.20. The summed E-state index contributed by atoms with van der Waals surface area (Å²) in [4.78, 5) is 4.55. The number of nitrogens with zero attached hydrogens (tertiary/aromatic N) is 2. The van der Waals surface area contributed by atoms with Gasteiger partial charge in [0.1, 0.15) is 0 Å². The zero-order chi connectivity index (χ0) is 14.5. The smallest absolute Gasteiger partial charge is 0.231 e. The highest BCUT2D eigenvalue weighted by atomic mass is 16.5. The van der Waals surface area contributed by atoms with Gasteiger partial charge in [0, 0.05) is 11.6 Å². The molecule has 1 heterocycles. The molecule has 0 radical (unpaired) electrons. The van der Waals surface area contributed by atoms with Crippen LogP contribution in [0.1, 0.15) is 44.6 Å². The largest absolute Gasteiger partial charge is 0.339 e. The van der Waals surface area contributed by atoms with Gasteiger partial charge in [-0.1, -0.05) is 49.7 Å². The van der Waals surface area contributed by atoms with Gasteiger partial charge in [-0.05, 0) is 26.0 Å². The number of rotatable bonds is 6. The number of hydrogen-bond donors (Lipinski definition) is 1. The molecule has 0 spiro atoms. The minimum Gasteiger partial charge on any atom is -0.339 e. The molecule has 20 heavy (non-hydrogen) atoms. The molecule has 108 valence electrons. The fourth-order valence-corrected chi connectivity index (χ4v) is 2.43. The predicted molar refractivity (Wildman–Crippen MR) is 80.6 cm³/mol. The second-order valence-electron chi connectivity index (χ2n) is 5.19. The van der Waals surface area contributed by atoms with E-state index in [1.54, 1.807) is 0 Å². The Morgan fingerprint density at radius 2 is 2.10 bits per heavy atom. The maximum Gasteiger partial charge on any atom is 0.231 e. The van der Waals surface area contributed by atoms with Crippen LogP contribution in [0.25, 0.3) is 11.4 Å². The van der Waals surface area contributed by atoms with Crippen molar-refractivity contribution in [2.24, 2.45) is 0 Å². The van der Waals surface area contributed by atoms with E-state index in [9.17, 15) is 0 Å². The van der Waals surface area contributed by atoms with Crippen molar-refractivity contribution in [3.63, 3.8) is 0 Å². The van der Waals surface area contributed by atoms with Gasteiger partial charge in [0.05, 0.1) is 5.92 Å². The van der Waals surface area contributed by atoms with Crippen molar-refractivity contribution in [2.45, 2.75) is 46.1 Å². The Kier molecular flexibility index (Phi) is 4.90. The summed E-state index contributed by atoms with van der Waals surface area (Å²) in [6, 6.07) is 8.52. The Labute approximate surface area is 120 Å². The minimum atomic E-state index is 0.214. The van der Waals surface area contributed by atoms with E-state index in [4.69, 9.17) is 4.52 Å². The number of aromatic nitrogens is 2. The highest BCUT2D eigenvalue weighted by Crippen LogP contribution is 2.23. The van der Waals surface area contributed by atoms with Gasteiger partial charge < -0.3 is 9.84 Å². The van der Waals surface area contributed by atoms with Crippen molar-refractivity contribution in [1.29, 1.82) is 0 Å². The molecule has 0 amide bonds. The van der Waals surface area contributed by atoms with Gasteiger partial charge in [0.25, 0.3) is 0 Å². The third-order valence-electron chi connectivity index (χ3n) is 3.62. The first-order valence-electron chi connectivity index (χ1n) is 7.29. The predicted octanol–water partition coefficient (Wildman–Crippen LogP) is 3.54. The molecule has 4 heteroatoms. The molecule has 4 nitrogen and oxygen atoms in total. The van der Waals surface area contributed by atoms with Crippen LogP contribution in [-0.4, -0.2) is 22.7 Å². The van der Waals surface area contributed by atoms with Gasteiger partial charge in [-0.25, -0.2) is 0 Å². The van der Waals surface area contributed by atoms with E-state index >= 15 is 0 Å². The summed E-state index contributed by atoms with van der Waals surface area (Å²) in [6.07, 6.45) is 1.04. The summed E-state index contributed by atoms with van der Waals surface area (Å²) in [6.45, 7) is 9.42. The standard InChI is InChI=1S/C16H23N3O/c1-5-14(17-6-2)12(4)16-18-15(19-20-16)13-9-7-8-11(3)10-13/h7-10,12,14,17H,5-6H2,1-4H3. The molecule has 1 aromatic heterocycles. The molecule has 0 saturated carbocycles. The molecule has 0 aliphatic heterocycles. The van der Waals surface area contributed by atoms with Gasteiger partial charge >= 0.3 is 0 Å². The van der Waals surface area contributed by atoms with Gasteiger partial charge in [-0.15, -0.1) is 0 Å². The van der Waals surface area contributed by atoms with Gasteiger partial charge in [0.2, 0.25) is 11.7 Å².